The highest BCUT2D eigenvalue weighted by Gasteiger charge is 2.20. The van der Waals surface area contributed by atoms with Gasteiger partial charge >= 0.3 is 0 Å². The molecule has 0 aliphatic carbocycles. The molecule has 6 heteroatoms. The monoisotopic (exact) mass is 397 g/mol. The number of pyridine rings is 1. The summed E-state index contributed by atoms with van der Waals surface area (Å²) in [6, 6.07) is 10.1. The largest absolute Gasteiger partial charge is 0.351 e. The summed E-state index contributed by atoms with van der Waals surface area (Å²) in [6.07, 6.45) is 6.08. The van der Waals surface area contributed by atoms with Crippen molar-refractivity contribution in [2.45, 2.75) is 45.1 Å². The lowest BCUT2D eigenvalue weighted by Gasteiger charge is -2.35. The molecular weight excluding hydrogens is 370 g/mol. The molecule has 1 saturated heterocycles. The fourth-order valence-corrected chi connectivity index (χ4v) is 5.35. The van der Waals surface area contributed by atoms with Gasteiger partial charge in [-0.1, -0.05) is 31.5 Å². The van der Waals surface area contributed by atoms with Gasteiger partial charge in [-0.15, -0.1) is 11.3 Å². The number of benzene rings is 1. The van der Waals surface area contributed by atoms with Crippen LogP contribution in [0.5, 0.6) is 0 Å². The van der Waals surface area contributed by atoms with Gasteiger partial charge in [0.15, 0.2) is 0 Å². The Bertz CT molecular complexity index is 1040. The Morgan fingerprint density at radius 3 is 3.00 bits per heavy atom. The third kappa shape index (κ3) is 3.84. The van der Waals surface area contributed by atoms with Crippen LogP contribution in [0.3, 0.4) is 0 Å². The zero-order valence-electron chi connectivity index (χ0n) is 16.3. The molecular formula is C22H27N3O2S. The molecule has 28 heavy (non-hydrogen) atoms. The second kappa shape index (κ2) is 8.45. The predicted molar refractivity (Wildman–Crippen MR) is 116 cm³/mol. The number of hydrogen-bond donors (Lipinski definition) is 2. The minimum Gasteiger partial charge on any atom is -0.351 e. The number of fused-ring (bicyclic) bond motifs is 3. The number of piperidine rings is 1. The molecule has 1 aliphatic rings. The van der Waals surface area contributed by atoms with Crippen molar-refractivity contribution in [3.8, 4) is 0 Å². The van der Waals surface area contributed by atoms with Gasteiger partial charge in [-0.05, 0) is 44.4 Å². The van der Waals surface area contributed by atoms with Crippen LogP contribution in [0.4, 0.5) is 0 Å². The van der Waals surface area contributed by atoms with E-state index in [0.29, 0.717) is 22.8 Å². The lowest BCUT2D eigenvalue weighted by molar-refractivity contribution is 0.0951. The van der Waals surface area contributed by atoms with Gasteiger partial charge in [0.2, 0.25) is 0 Å². The number of rotatable bonds is 6. The van der Waals surface area contributed by atoms with Gasteiger partial charge in [0.05, 0.1) is 10.3 Å². The van der Waals surface area contributed by atoms with Gasteiger partial charge in [0.25, 0.3) is 11.5 Å². The Morgan fingerprint density at radius 1 is 1.29 bits per heavy atom. The Hall–Kier alpha value is -2.18. The standard InChI is InChI=1S/C22H27N3O2S/c1-2-15-8-5-6-12-25(15)13-7-11-23-22(27)19-14-17-20(28-19)16-9-3-4-10-18(16)24-21(17)26/h3-4,9-10,14-15H,2,5-8,11-13H2,1H3,(H,23,27)(H,24,26). The van der Waals surface area contributed by atoms with Crippen LogP contribution in [0, 0.1) is 0 Å². The number of aromatic amines is 1. The van der Waals surface area contributed by atoms with Gasteiger partial charge in [-0.25, -0.2) is 0 Å². The molecule has 0 spiro atoms. The van der Waals surface area contributed by atoms with Gasteiger partial charge in [0, 0.05) is 34.7 Å². The molecule has 1 amide bonds. The first-order chi connectivity index (χ1) is 13.7. The normalized spacial score (nSPS) is 18.0. The number of amides is 1. The van der Waals surface area contributed by atoms with E-state index < -0.39 is 0 Å². The smallest absolute Gasteiger partial charge is 0.261 e. The Labute approximate surface area is 168 Å². The lowest BCUT2D eigenvalue weighted by Crippen LogP contribution is -2.40. The second-order valence-electron chi connectivity index (χ2n) is 7.56. The van der Waals surface area contributed by atoms with E-state index in [-0.39, 0.29) is 11.5 Å². The average Bonchev–Trinajstić information content (AvgIpc) is 3.18. The summed E-state index contributed by atoms with van der Waals surface area (Å²) < 4.78 is 0.878. The fourth-order valence-electron chi connectivity index (χ4n) is 4.24. The van der Waals surface area contributed by atoms with Gasteiger partial charge in [-0.3, -0.25) is 9.59 Å². The van der Waals surface area contributed by atoms with E-state index in [4.69, 9.17) is 0 Å². The highest BCUT2D eigenvalue weighted by Crippen LogP contribution is 2.29. The van der Waals surface area contributed by atoms with Gasteiger partial charge < -0.3 is 15.2 Å². The highest BCUT2D eigenvalue weighted by atomic mass is 32.1. The maximum absolute atomic E-state index is 12.6. The maximum Gasteiger partial charge on any atom is 0.261 e. The number of nitrogens with zero attached hydrogens (tertiary/aromatic N) is 1. The predicted octanol–water partition coefficient (Wildman–Crippen LogP) is 4.13. The molecule has 2 aromatic heterocycles. The van der Waals surface area contributed by atoms with E-state index in [1.165, 1.54) is 43.6 Å². The van der Waals surface area contributed by atoms with Crippen molar-refractivity contribution >= 4 is 38.2 Å². The number of hydrogen-bond acceptors (Lipinski definition) is 4. The van der Waals surface area contributed by atoms with E-state index >= 15 is 0 Å². The van der Waals surface area contributed by atoms with Gasteiger partial charge in [0.1, 0.15) is 0 Å². The van der Waals surface area contributed by atoms with Crippen molar-refractivity contribution in [2.24, 2.45) is 0 Å². The summed E-state index contributed by atoms with van der Waals surface area (Å²) in [4.78, 5) is 31.0. The van der Waals surface area contributed by atoms with Crippen LogP contribution in [0.15, 0.2) is 35.1 Å². The van der Waals surface area contributed by atoms with Crippen molar-refractivity contribution in [1.82, 2.24) is 15.2 Å². The van der Waals surface area contributed by atoms with E-state index in [0.717, 1.165) is 28.6 Å². The zero-order valence-corrected chi connectivity index (χ0v) is 17.1. The quantitative estimate of drug-likeness (QED) is 0.615. The van der Waals surface area contributed by atoms with Crippen LogP contribution < -0.4 is 10.9 Å². The second-order valence-corrected chi connectivity index (χ2v) is 8.61. The Balaban J connectivity index is 1.41. The van der Waals surface area contributed by atoms with Crippen LogP contribution in [-0.2, 0) is 0 Å². The number of para-hydroxylation sites is 1. The minimum absolute atomic E-state index is 0.0876. The van der Waals surface area contributed by atoms with Crippen LogP contribution >= 0.6 is 11.3 Å². The SMILES string of the molecule is CCC1CCCCN1CCCNC(=O)c1cc2c(=O)[nH]c3ccccc3c2s1. The molecule has 4 rings (SSSR count). The number of likely N-dealkylation sites (tertiary alicyclic amines) is 1. The number of H-pyrrole nitrogens is 1. The fraction of sp³-hybridized carbons (Fsp3) is 0.455. The molecule has 0 bridgehead atoms. The zero-order chi connectivity index (χ0) is 19.5. The van der Waals surface area contributed by atoms with Crippen LogP contribution in [0.2, 0.25) is 0 Å². The summed E-state index contributed by atoms with van der Waals surface area (Å²) in [5.74, 6) is -0.0876. The molecule has 1 fully saturated rings. The number of nitrogens with one attached hydrogen (secondary N) is 2. The summed E-state index contributed by atoms with van der Waals surface area (Å²) in [5, 5.41) is 4.61. The number of carbonyl (C=O) groups is 1. The first-order valence-corrected chi connectivity index (χ1v) is 11.1. The lowest BCUT2D eigenvalue weighted by atomic mass is 10.00. The van der Waals surface area contributed by atoms with E-state index in [1.807, 2.05) is 24.3 Å². The van der Waals surface area contributed by atoms with Crippen LogP contribution in [0.25, 0.3) is 21.0 Å². The molecule has 3 aromatic rings. The van der Waals surface area contributed by atoms with E-state index in [9.17, 15) is 9.59 Å². The summed E-state index contributed by atoms with van der Waals surface area (Å²) >= 11 is 1.40. The Morgan fingerprint density at radius 2 is 2.14 bits per heavy atom. The molecule has 1 aliphatic heterocycles. The molecule has 1 aromatic carbocycles. The molecule has 1 unspecified atom stereocenters. The molecule has 5 nitrogen and oxygen atoms in total. The first kappa shape index (κ1) is 19.2. The summed E-state index contributed by atoms with van der Waals surface area (Å²) in [7, 11) is 0. The highest BCUT2D eigenvalue weighted by molar-refractivity contribution is 7.21. The third-order valence-corrected chi connectivity index (χ3v) is 6.92. The van der Waals surface area contributed by atoms with Crippen LogP contribution in [0.1, 0.15) is 48.7 Å². The van der Waals surface area contributed by atoms with Crippen molar-refractivity contribution in [3.05, 3.63) is 45.6 Å². The topological polar surface area (TPSA) is 65.2 Å². The maximum atomic E-state index is 12.6. The summed E-state index contributed by atoms with van der Waals surface area (Å²) in [6.45, 7) is 5.14. The van der Waals surface area contributed by atoms with Crippen LogP contribution in [-0.4, -0.2) is 41.5 Å². The third-order valence-electron chi connectivity index (χ3n) is 5.75. The van der Waals surface area contributed by atoms with E-state index in [2.05, 4.69) is 22.1 Å². The van der Waals surface area contributed by atoms with Crippen molar-refractivity contribution in [3.63, 3.8) is 0 Å². The number of thiophene rings is 1. The molecule has 1 atom stereocenters. The Kier molecular flexibility index (Phi) is 5.78. The molecule has 2 N–H and O–H groups in total. The van der Waals surface area contributed by atoms with Gasteiger partial charge in [-0.2, -0.15) is 0 Å². The first-order valence-electron chi connectivity index (χ1n) is 10.2. The average molecular weight is 398 g/mol. The van der Waals surface area contributed by atoms with Crippen molar-refractivity contribution < 1.29 is 4.79 Å². The van der Waals surface area contributed by atoms with E-state index in [1.54, 1.807) is 6.07 Å². The molecule has 0 saturated carbocycles. The van der Waals surface area contributed by atoms with Crippen molar-refractivity contribution in [1.29, 1.82) is 0 Å². The number of aromatic nitrogens is 1. The molecule has 3 heterocycles. The summed E-state index contributed by atoms with van der Waals surface area (Å²) in [5.41, 5.74) is 0.667. The molecule has 148 valence electrons. The molecule has 0 radical (unpaired) electrons. The van der Waals surface area contributed by atoms with Crippen molar-refractivity contribution in [2.75, 3.05) is 19.6 Å². The number of carbonyl (C=O) groups excluding carboxylic acids is 1. The minimum atomic E-state index is -0.139.